The Morgan fingerprint density at radius 1 is 1.00 bits per heavy atom. The smallest absolute Gasteiger partial charge is 0.163 e. The molecule has 0 aromatic heterocycles. The minimum atomic E-state index is 0.0740. The number of benzene rings is 2. The highest BCUT2D eigenvalue weighted by Gasteiger charge is 2.06. The monoisotopic (exact) mass is 260 g/mol. The normalized spacial score (nSPS) is 10.3. The summed E-state index contributed by atoms with van der Waals surface area (Å²) in [5, 5.41) is 9.85. The van der Waals surface area contributed by atoms with E-state index < -0.39 is 0 Å². The third kappa shape index (κ3) is 3.34. The van der Waals surface area contributed by atoms with Gasteiger partial charge in [0.15, 0.2) is 5.78 Å². The second-order valence-corrected chi connectivity index (χ2v) is 4.53. The number of Topliss-reactive ketones (excluding diaryl/α,β-unsaturated/α-hetero) is 1. The molecule has 0 bridgehead atoms. The number of ketones is 1. The lowest BCUT2D eigenvalue weighted by Gasteiger charge is -2.02. The number of hydrogen-bond donors (Lipinski definition) is 1. The first kappa shape index (κ1) is 12.7. The van der Waals surface area contributed by atoms with Crippen molar-refractivity contribution in [3.63, 3.8) is 0 Å². The van der Waals surface area contributed by atoms with E-state index in [2.05, 4.69) is 0 Å². The third-order valence-corrected chi connectivity index (χ3v) is 3.00. The standard InChI is InChI=1S/C15H13ClO2/c16-13-6-1-11(2-7-13)3-10-15(18)12-4-8-14(17)9-5-12/h1-2,4-9,17H,3,10H2. The minimum absolute atomic E-state index is 0.0740. The average molecular weight is 261 g/mol. The molecule has 3 heteroatoms. The van der Waals surface area contributed by atoms with Crippen LogP contribution < -0.4 is 0 Å². The first-order valence-electron chi connectivity index (χ1n) is 5.72. The molecule has 0 saturated heterocycles. The van der Waals surface area contributed by atoms with Crippen molar-refractivity contribution in [3.8, 4) is 5.75 Å². The Morgan fingerprint density at radius 3 is 2.22 bits per heavy atom. The van der Waals surface area contributed by atoms with E-state index in [9.17, 15) is 4.79 Å². The fourth-order valence-electron chi connectivity index (χ4n) is 1.70. The van der Waals surface area contributed by atoms with Crippen molar-refractivity contribution in [2.24, 2.45) is 0 Å². The van der Waals surface area contributed by atoms with E-state index in [1.807, 2.05) is 24.3 Å². The molecule has 92 valence electrons. The lowest BCUT2D eigenvalue weighted by atomic mass is 10.0. The summed E-state index contributed by atoms with van der Waals surface area (Å²) >= 11 is 5.79. The quantitative estimate of drug-likeness (QED) is 0.848. The number of phenols is 1. The van der Waals surface area contributed by atoms with Gasteiger partial charge in [-0.3, -0.25) is 4.79 Å². The largest absolute Gasteiger partial charge is 0.508 e. The molecule has 2 rings (SSSR count). The van der Waals surface area contributed by atoms with Gasteiger partial charge in [-0.05, 0) is 48.4 Å². The van der Waals surface area contributed by atoms with Crippen molar-refractivity contribution in [1.82, 2.24) is 0 Å². The van der Waals surface area contributed by atoms with Crippen LogP contribution in [-0.2, 0) is 6.42 Å². The molecular formula is C15H13ClO2. The molecule has 0 radical (unpaired) electrons. The predicted molar refractivity (Wildman–Crippen MR) is 72.2 cm³/mol. The highest BCUT2D eigenvalue weighted by molar-refractivity contribution is 6.30. The fraction of sp³-hybridized carbons (Fsp3) is 0.133. The van der Waals surface area contributed by atoms with Gasteiger partial charge in [0.25, 0.3) is 0 Å². The molecule has 0 atom stereocenters. The Labute approximate surface area is 111 Å². The Bertz CT molecular complexity index is 529. The van der Waals surface area contributed by atoms with Gasteiger partial charge in [0.1, 0.15) is 5.75 Å². The average Bonchev–Trinajstić information content (AvgIpc) is 2.38. The highest BCUT2D eigenvalue weighted by Crippen LogP contribution is 2.14. The van der Waals surface area contributed by atoms with Crippen LogP contribution in [0.15, 0.2) is 48.5 Å². The Kier molecular flexibility index (Phi) is 4.00. The van der Waals surface area contributed by atoms with Gasteiger partial charge >= 0.3 is 0 Å². The summed E-state index contributed by atoms with van der Waals surface area (Å²) in [5.41, 5.74) is 1.72. The zero-order valence-electron chi connectivity index (χ0n) is 9.77. The van der Waals surface area contributed by atoms with Crippen molar-refractivity contribution in [1.29, 1.82) is 0 Å². The fourth-order valence-corrected chi connectivity index (χ4v) is 1.83. The van der Waals surface area contributed by atoms with Gasteiger partial charge in [-0.25, -0.2) is 0 Å². The second kappa shape index (κ2) is 5.69. The number of carbonyl (C=O) groups excluding carboxylic acids is 1. The van der Waals surface area contributed by atoms with Gasteiger partial charge in [-0.1, -0.05) is 23.7 Å². The predicted octanol–water partition coefficient (Wildman–Crippen LogP) is 3.86. The van der Waals surface area contributed by atoms with E-state index >= 15 is 0 Å². The molecule has 0 aliphatic rings. The van der Waals surface area contributed by atoms with Crippen molar-refractivity contribution >= 4 is 17.4 Å². The van der Waals surface area contributed by atoms with Gasteiger partial charge in [0.2, 0.25) is 0 Å². The SMILES string of the molecule is O=C(CCc1ccc(Cl)cc1)c1ccc(O)cc1. The van der Waals surface area contributed by atoms with E-state index in [0.717, 1.165) is 5.56 Å². The number of hydrogen-bond acceptors (Lipinski definition) is 2. The molecule has 0 unspecified atom stereocenters. The summed E-state index contributed by atoms with van der Waals surface area (Å²) in [6.07, 6.45) is 1.14. The summed E-state index contributed by atoms with van der Waals surface area (Å²) in [7, 11) is 0. The molecule has 2 nitrogen and oxygen atoms in total. The summed E-state index contributed by atoms with van der Waals surface area (Å²) in [5.74, 6) is 0.245. The number of aryl methyl sites for hydroxylation is 1. The summed E-state index contributed by atoms with van der Waals surface area (Å²) in [6.45, 7) is 0. The number of aromatic hydroxyl groups is 1. The molecule has 2 aromatic carbocycles. The van der Waals surface area contributed by atoms with E-state index in [-0.39, 0.29) is 11.5 Å². The molecule has 0 spiro atoms. The lowest BCUT2D eigenvalue weighted by molar-refractivity contribution is 0.0983. The number of halogens is 1. The molecule has 0 aliphatic heterocycles. The molecule has 0 fully saturated rings. The summed E-state index contributed by atoms with van der Waals surface area (Å²) < 4.78 is 0. The van der Waals surface area contributed by atoms with Gasteiger partial charge in [-0.2, -0.15) is 0 Å². The van der Waals surface area contributed by atoms with Crippen LogP contribution in [0.2, 0.25) is 5.02 Å². The maximum Gasteiger partial charge on any atom is 0.163 e. The highest BCUT2D eigenvalue weighted by atomic mass is 35.5. The van der Waals surface area contributed by atoms with E-state index in [1.165, 1.54) is 12.1 Å². The molecule has 0 amide bonds. The summed E-state index contributed by atoms with van der Waals surface area (Å²) in [4.78, 5) is 11.9. The molecule has 0 aliphatic carbocycles. The Morgan fingerprint density at radius 2 is 1.61 bits per heavy atom. The Hall–Kier alpha value is -1.80. The van der Waals surface area contributed by atoms with E-state index in [4.69, 9.17) is 16.7 Å². The van der Waals surface area contributed by atoms with Crippen molar-refractivity contribution in [2.75, 3.05) is 0 Å². The topological polar surface area (TPSA) is 37.3 Å². The van der Waals surface area contributed by atoms with Crippen LogP contribution in [0.3, 0.4) is 0 Å². The van der Waals surface area contributed by atoms with Crippen LogP contribution >= 0.6 is 11.6 Å². The van der Waals surface area contributed by atoms with Crippen LogP contribution in [0, 0.1) is 0 Å². The van der Waals surface area contributed by atoms with E-state index in [0.29, 0.717) is 23.4 Å². The lowest BCUT2D eigenvalue weighted by Crippen LogP contribution is -2.00. The van der Waals surface area contributed by atoms with Crippen molar-refractivity contribution < 1.29 is 9.90 Å². The van der Waals surface area contributed by atoms with Crippen LogP contribution in [-0.4, -0.2) is 10.9 Å². The number of carbonyl (C=O) groups is 1. The first-order chi connectivity index (χ1) is 8.65. The Balaban J connectivity index is 1.96. The third-order valence-electron chi connectivity index (χ3n) is 2.74. The van der Waals surface area contributed by atoms with Crippen LogP contribution in [0.25, 0.3) is 0 Å². The van der Waals surface area contributed by atoms with E-state index in [1.54, 1.807) is 12.1 Å². The van der Waals surface area contributed by atoms with Crippen LogP contribution in [0.5, 0.6) is 5.75 Å². The van der Waals surface area contributed by atoms with Gasteiger partial charge < -0.3 is 5.11 Å². The molecule has 1 N–H and O–H groups in total. The molecule has 18 heavy (non-hydrogen) atoms. The maximum atomic E-state index is 11.9. The zero-order chi connectivity index (χ0) is 13.0. The summed E-state index contributed by atoms with van der Waals surface area (Å²) in [6, 6.07) is 13.8. The van der Waals surface area contributed by atoms with Gasteiger partial charge in [-0.15, -0.1) is 0 Å². The zero-order valence-corrected chi connectivity index (χ0v) is 10.5. The van der Waals surface area contributed by atoms with Gasteiger partial charge in [0, 0.05) is 17.0 Å². The number of phenolic OH excluding ortho intramolecular Hbond substituents is 1. The van der Waals surface area contributed by atoms with Crippen molar-refractivity contribution in [2.45, 2.75) is 12.8 Å². The molecule has 2 aromatic rings. The van der Waals surface area contributed by atoms with Crippen molar-refractivity contribution in [3.05, 3.63) is 64.7 Å². The van der Waals surface area contributed by atoms with Crippen LogP contribution in [0.1, 0.15) is 22.3 Å². The van der Waals surface area contributed by atoms with Gasteiger partial charge in [0.05, 0.1) is 0 Å². The number of rotatable bonds is 4. The molecule has 0 heterocycles. The minimum Gasteiger partial charge on any atom is -0.508 e. The van der Waals surface area contributed by atoms with Crippen LogP contribution in [0.4, 0.5) is 0 Å². The second-order valence-electron chi connectivity index (χ2n) is 4.10. The molecular weight excluding hydrogens is 248 g/mol. The maximum absolute atomic E-state index is 11.9. The first-order valence-corrected chi connectivity index (χ1v) is 6.09. The molecule has 0 saturated carbocycles.